The van der Waals surface area contributed by atoms with E-state index in [1.165, 1.54) is 6.33 Å². The van der Waals surface area contributed by atoms with Crippen molar-refractivity contribution in [1.82, 2.24) is 9.97 Å². The molecule has 2 rings (SSSR count). The molecule has 0 amide bonds. The summed E-state index contributed by atoms with van der Waals surface area (Å²) in [6.07, 6.45) is 4.48. The summed E-state index contributed by atoms with van der Waals surface area (Å²) in [6, 6.07) is 0. The highest BCUT2D eigenvalue weighted by Crippen LogP contribution is 2.48. The molecule has 1 heterocycles. The first kappa shape index (κ1) is 11.4. The number of nitrogens with zero attached hydrogens (tertiary/aromatic N) is 2. The zero-order valence-electron chi connectivity index (χ0n) is 8.91. The van der Waals surface area contributed by atoms with Crippen molar-refractivity contribution in [2.75, 3.05) is 24.2 Å². The fourth-order valence-electron chi connectivity index (χ4n) is 1.71. The lowest BCUT2D eigenvalue weighted by Gasteiger charge is -2.15. The van der Waals surface area contributed by atoms with Crippen molar-refractivity contribution in [3.05, 3.63) is 11.3 Å². The molecule has 5 nitrogen and oxygen atoms in total. The normalized spacial score (nSPS) is 17.1. The van der Waals surface area contributed by atoms with Crippen LogP contribution in [0.2, 0.25) is 5.02 Å². The van der Waals surface area contributed by atoms with Crippen LogP contribution in [-0.4, -0.2) is 28.2 Å². The van der Waals surface area contributed by atoms with Crippen LogP contribution in [0.3, 0.4) is 0 Å². The van der Waals surface area contributed by atoms with Crippen LogP contribution in [0.1, 0.15) is 19.3 Å². The summed E-state index contributed by atoms with van der Waals surface area (Å²) in [6.45, 7) is 0.991. The smallest absolute Gasteiger partial charge is 0.150 e. The third-order valence-electron chi connectivity index (χ3n) is 3.05. The number of nitrogens with two attached hydrogens (primary N) is 1. The molecule has 0 atom stereocenters. The Kier molecular flexibility index (Phi) is 3.16. The molecule has 0 aliphatic heterocycles. The summed E-state index contributed by atoms with van der Waals surface area (Å²) in [5, 5.41) is 12.5. The van der Waals surface area contributed by atoms with Gasteiger partial charge >= 0.3 is 0 Å². The molecule has 6 heteroatoms. The predicted octanol–water partition coefficient (Wildman–Crippen LogP) is 1.29. The van der Waals surface area contributed by atoms with Crippen molar-refractivity contribution in [3.8, 4) is 0 Å². The van der Waals surface area contributed by atoms with Crippen LogP contribution in [0.5, 0.6) is 0 Å². The quantitative estimate of drug-likeness (QED) is 0.725. The fraction of sp³-hybridized carbons (Fsp3) is 0.600. The van der Waals surface area contributed by atoms with Crippen LogP contribution in [0.25, 0.3) is 0 Å². The van der Waals surface area contributed by atoms with Crippen LogP contribution in [0.15, 0.2) is 6.33 Å². The first-order valence-corrected chi connectivity index (χ1v) is 5.65. The van der Waals surface area contributed by atoms with E-state index < -0.39 is 0 Å². The molecule has 1 fully saturated rings. The van der Waals surface area contributed by atoms with E-state index in [2.05, 4.69) is 15.3 Å². The number of rotatable bonds is 5. The van der Waals surface area contributed by atoms with Gasteiger partial charge in [0.15, 0.2) is 0 Å². The second kappa shape index (κ2) is 4.43. The van der Waals surface area contributed by atoms with E-state index in [9.17, 15) is 0 Å². The molecule has 0 aromatic carbocycles. The maximum Gasteiger partial charge on any atom is 0.150 e. The zero-order valence-corrected chi connectivity index (χ0v) is 9.67. The van der Waals surface area contributed by atoms with Gasteiger partial charge in [-0.05, 0) is 24.7 Å². The largest absolute Gasteiger partial charge is 0.396 e. The predicted molar refractivity (Wildman–Crippen MR) is 63.3 cm³/mol. The molecule has 0 saturated heterocycles. The molecule has 88 valence electrons. The molecule has 1 aromatic rings. The summed E-state index contributed by atoms with van der Waals surface area (Å²) in [7, 11) is 0. The number of halogens is 1. The molecule has 4 N–H and O–H groups in total. The number of hydrogen-bond acceptors (Lipinski definition) is 5. The van der Waals surface area contributed by atoms with Crippen molar-refractivity contribution < 1.29 is 5.11 Å². The van der Waals surface area contributed by atoms with Gasteiger partial charge in [0.1, 0.15) is 23.0 Å². The minimum absolute atomic E-state index is 0.220. The molecule has 0 bridgehead atoms. The van der Waals surface area contributed by atoms with Gasteiger partial charge in [-0.25, -0.2) is 9.97 Å². The number of nitrogens with one attached hydrogen (secondary N) is 1. The molecular formula is C10H15ClN4O. The van der Waals surface area contributed by atoms with Gasteiger partial charge in [-0.2, -0.15) is 0 Å². The third kappa shape index (κ3) is 2.36. The van der Waals surface area contributed by atoms with E-state index in [1.54, 1.807) is 0 Å². The van der Waals surface area contributed by atoms with Gasteiger partial charge in [-0.15, -0.1) is 0 Å². The van der Waals surface area contributed by atoms with Gasteiger partial charge in [0, 0.05) is 13.2 Å². The summed E-state index contributed by atoms with van der Waals surface area (Å²) in [5.74, 6) is 0.851. The van der Waals surface area contributed by atoms with E-state index in [-0.39, 0.29) is 17.8 Å². The summed E-state index contributed by atoms with van der Waals surface area (Å²) >= 11 is 5.96. The summed E-state index contributed by atoms with van der Waals surface area (Å²) < 4.78 is 0. The number of hydrogen-bond donors (Lipinski definition) is 3. The lowest BCUT2D eigenvalue weighted by atomic mass is 10.0. The topological polar surface area (TPSA) is 84.1 Å². The highest BCUT2D eigenvalue weighted by molar-refractivity contribution is 6.35. The highest BCUT2D eigenvalue weighted by atomic mass is 35.5. The molecule has 0 spiro atoms. The van der Waals surface area contributed by atoms with Crippen molar-refractivity contribution in [1.29, 1.82) is 0 Å². The molecule has 16 heavy (non-hydrogen) atoms. The SMILES string of the molecule is Nc1ncnc(NCC2(CCO)CC2)c1Cl. The summed E-state index contributed by atoms with van der Waals surface area (Å²) in [5.41, 5.74) is 5.79. The van der Waals surface area contributed by atoms with Gasteiger partial charge in [0.2, 0.25) is 0 Å². The van der Waals surface area contributed by atoms with E-state index >= 15 is 0 Å². The number of aliphatic hydroxyl groups excluding tert-OH is 1. The van der Waals surface area contributed by atoms with Crippen LogP contribution in [0, 0.1) is 5.41 Å². The number of aromatic nitrogens is 2. The van der Waals surface area contributed by atoms with Crippen LogP contribution < -0.4 is 11.1 Å². The Bertz CT molecular complexity index is 381. The fourth-order valence-corrected chi connectivity index (χ4v) is 1.87. The number of nitrogen functional groups attached to an aromatic ring is 1. The van der Waals surface area contributed by atoms with Crippen molar-refractivity contribution in [3.63, 3.8) is 0 Å². The lowest BCUT2D eigenvalue weighted by Crippen LogP contribution is -2.18. The van der Waals surface area contributed by atoms with Crippen molar-refractivity contribution >= 4 is 23.2 Å². The maximum atomic E-state index is 8.94. The van der Waals surface area contributed by atoms with Gasteiger partial charge in [0.25, 0.3) is 0 Å². The standard InChI is InChI=1S/C10H15ClN4O/c11-7-8(12)14-6-15-9(7)13-5-10(1-2-10)3-4-16/h6,16H,1-5H2,(H3,12,13,14,15). The molecule has 1 aliphatic carbocycles. The Morgan fingerprint density at radius 2 is 2.25 bits per heavy atom. The van der Waals surface area contributed by atoms with Gasteiger partial charge in [-0.3, -0.25) is 0 Å². The Morgan fingerprint density at radius 3 is 2.88 bits per heavy atom. The van der Waals surface area contributed by atoms with Crippen LogP contribution in [0.4, 0.5) is 11.6 Å². The van der Waals surface area contributed by atoms with E-state index in [1.807, 2.05) is 0 Å². The van der Waals surface area contributed by atoms with Crippen LogP contribution >= 0.6 is 11.6 Å². The monoisotopic (exact) mass is 242 g/mol. The Morgan fingerprint density at radius 1 is 1.50 bits per heavy atom. The minimum atomic E-state index is 0.220. The zero-order chi connectivity index (χ0) is 11.6. The third-order valence-corrected chi connectivity index (χ3v) is 3.42. The Balaban J connectivity index is 1.97. The van der Waals surface area contributed by atoms with E-state index in [0.29, 0.717) is 10.8 Å². The average Bonchev–Trinajstić information content (AvgIpc) is 3.02. The molecular weight excluding hydrogens is 228 g/mol. The van der Waals surface area contributed by atoms with Gasteiger partial charge in [-0.1, -0.05) is 11.6 Å². The number of aliphatic hydroxyl groups is 1. The average molecular weight is 243 g/mol. The lowest BCUT2D eigenvalue weighted by molar-refractivity contribution is 0.253. The van der Waals surface area contributed by atoms with Crippen molar-refractivity contribution in [2.45, 2.75) is 19.3 Å². The van der Waals surface area contributed by atoms with Gasteiger partial charge in [0.05, 0.1) is 0 Å². The van der Waals surface area contributed by atoms with Crippen LogP contribution in [-0.2, 0) is 0 Å². The second-order valence-corrected chi connectivity index (χ2v) is 4.63. The second-order valence-electron chi connectivity index (χ2n) is 4.25. The van der Waals surface area contributed by atoms with Gasteiger partial charge < -0.3 is 16.2 Å². The maximum absolute atomic E-state index is 8.94. The molecule has 0 unspecified atom stereocenters. The Hall–Kier alpha value is -1.07. The molecule has 1 aliphatic rings. The number of anilines is 2. The minimum Gasteiger partial charge on any atom is -0.396 e. The summed E-state index contributed by atoms with van der Waals surface area (Å²) in [4.78, 5) is 7.82. The van der Waals surface area contributed by atoms with E-state index in [4.69, 9.17) is 22.4 Å². The van der Waals surface area contributed by atoms with Crippen molar-refractivity contribution in [2.24, 2.45) is 5.41 Å². The molecule has 1 aromatic heterocycles. The first-order valence-electron chi connectivity index (χ1n) is 5.28. The molecule has 1 saturated carbocycles. The Labute approximate surface area is 99.0 Å². The first-order chi connectivity index (χ1) is 7.67. The highest BCUT2D eigenvalue weighted by Gasteiger charge is 2.41. The molecule has 0 radical (unpaired) electrons. The van der Waals surface area contributed by atoms with E-state index in [0.717, 1.165) is 25.8 Å².